The van der Waals surface area contributed by atoms with Gasteiger partial charge in [0.1, 0.15) is 5.75 Å². The van der Waals surface area contributed by atoms with Crippen LogP contribution < -0.4 is 15.2 Å². The zero-order chi connectivity index (χ0) is 19.6. The SMILES string of the molecule is CC.COc1cc(NC(=O)c2ccc(-c3ccccc3)cc2)ccc1SN. The van der Waals surface area contributed by atoms with Gasteiger partial charge in [0.05, 0.1) is 12.0 Å². The van der Waals surface area contributed by atoms with Gasteiger partial charge in [-0.25, -0.2) is 0 Å². The van der Waals surface area contributed by atoms with E-state index >= 15 is 0 Å². The normalized spacial score (nSPS) is 9.78. The maximum Gasteiger partial charge on any atom is 0.255 e. The van der Waals surface area contributed by atoms with Crippen molar-refractivity contribution in [3.05, 3.63) is 78.4 Å². The van der Waals surface area contributed by atoms with Gasteiger partial charge in [-0.15, -0.1) is 0 Å². The Labute approximate surface area is 164 Å². The van der Waals surface area contributed by atoms with E-state index in [1.54, 1.807) is 19.2 Å². The van der Waals surface area contributed by atoms with Crippen LogP contribution in [-0.4, -0.2) is 13.0 Å². The lowest BCUT2D eigenvalue weighted by atomic mass is 10.0. The summed E-state index contributed by atoms with van der Waals surface area (Å²) < 4.78 is 5.28. The van der Waals surface area contributed by atoms with Crippen molar-refractivity contribution in [1.29, 1.82) is 0 Å². The van der Waals surface area contributed by atoms with Crippen LogP contribution in [0.25, 0.3) is 11.1 Å². The van der Waals surface area contributed by atoms with Crippen molar-refractivity contribution in [3.63, 3.8) is 0 Å². The highest BCUT2D eigenvalue weighted by atomic mass is 32.2. The maximum absolute atomic E-state index is 12.4. The van der Waals surface area contributed by atoms with Crippen molar-refractivity contribution in [1.82, 2.24) is 0 Å². The summed E-state index contributed by atoms with van der Waals surface area (Å²) >= 11 is 1.11. The standard InChI is InChI=1S/C20H18N2O2S.C2H6/c1-24-18-13-17(11-12-19(18)25-21)22-20(23)16-9-7-15(8-10-16)14-5-3-2-4-6-14;1-2/h2-13H,21H2,1H3,(H,22,23);1-2H3. The second-order valence-electron chi connectivity index (χ2n) is 5.38. The number of rotatable bonds is 5. The lowest BCUT2D eigenvalue weighted by Crippen LogP contribution is -2.11. The van der Waals surface area contributed by atoms with E-state index in [0.717, 1.165) is 28.0 Å². The lowest BCUT2D eigenvalue weighted by Gasteiger charge is -2.10. The Hall–Kier alpha value is -2.76. The molecule has 4 nitrogen and oxygen atoms in total. The molecule has 5 heteroatoms. The molecule has 1 amide bonds. The molecule has 0 saturated carbocycles. The molecule has 3 aromatic rings. The number of benzene rings is 3. The smallest absolute Gasteiger partial charge is 0.255 e. The Morgan fingerprint density at radius 3 is 2.15 bits per heavy atom. The fourth-order valence-corrected chi connectivity index (χ4v) is 2.90. The molecule has 0 fully saturated rings. The molecule has 140 valence electrons. The summed E-state index contributed by atoms with van der Waals surface area (Å²) in [5, 5.41) is 8.45. The van der Waals surface area contributed by atoms with Gasteiger partial charge in [0.2, 0.25) is 0 Å². The van der Waals surface area contributed by atoms with Crippen LogP contribution in [-0.2, 0) is 0 Å². The maximum atomic E-state index is 12.4. The van der Waals surface area contributed by atoms with Crippen LogP contribution in [0.4, 0.5) is 5.69 Å². The molecule has 0 aliphatic heterocycles. The highest BCUT2D eigenvalue weighted by molar-refractivity contribution is 7.97. The molecular formula is C22H24N2O2S. The molecule has 0 radical (unpaired) electrons. The summed E-state index contributed by atoms with van der Waals surface area (Å²) in [6, 6.07) is 22.9. The predicted molar refractivity (Wildman–Crippen MR) is 114 cm³/mol. The third kappa shape index (κ3) is 5.36. The first kappa shape index (κ1) is 20.6. The predicted octanol–water partition coefficient (Wildman–Crippen LogP) is 5.61. The van der Waals surface area contributed by atoms with Gasteiger partial charge in [0.25, 0.3) is 5.91 Å². The fourth-order valence-electron chi connectivity index (χ4n) is 2.49. The van der Waals surface area contributed by atoms with Gasteiger partial charge in [-0.3, -0.25) is 9.93 Å². The Morgan fingerprint density at radius 2 is 1.56 bits per heavy atom. The highest BCUT2D eigenvalue weighted by Gasteiger charge is 2.09. The number of carbonyl (C=O) groups excluding carboxylic acids is 1. The van der Waals surface area contributed by atoms with Crippen molar-refractivity contribution in [2.45, 2.75) is 18.7 Å². The van der Waals surface area contributed by atoms with Gasteiger partial charge in [-0.2, -0.15) is 0 Å². The number of anilines is 1. The molecule has 0 aliphatic rings. The average molecular weight is 381 g/mol. The number of nitrogens with two attached hydrogens (primary N) is 1. The minimum absolute atomic E-state index is 0.171. The van der Waals surface area contributed by atoms with Gasteiger partial charge in [-0.1, -0.05) is 56.3 Å². The minimum atomic E-state index is -0.171. The van der Waals surface area contributed by atoms with E-state index in [2.05, 4.69) is 5.32 Å². The molecule has 0 spiro atoms. The van der Waals surface area contributed by atoms with Crippen LogP contribution in [0.2, 0.25) is 0 Å². The van der Waals surface area contributed by atoms with Crippen molar-refractivity contribution < 1.29 is 9.53 Å². The van der Waals surface area contributed by atoms with E-state index in [9.17, 15) is 4.79 Å². The molecule has 0 heterocycles. The molecule has 0 aliphatic carbocycles. The topological polar surface area (TPSA) is 64.3 Å². The van der Waals surface area contributed by atoms with E-state index in [4.69, 9.17) is 9.88 Å². The summed E-state index contributed by atoms with van der Waals surface area (Å²) in [5.74, 6) is 0.458. The van der Waals surface area contributed by atoms with Crippen LogP contribution in [0.15, 0.2) is 77.7 Å². The molecule has 0 aromatic heterocycles. The second kappa shape index (κ2) is 10.4. The average Bonchev–Trinajstić information content (AvgIpc) is 2.75. The summed E-state index contributed by atoms with van der Waals surface area (Å²) in [5.41, 5.74) is 3.44. The first-order chi connectivity index (χ1) is 13.2. The first-order valence-electron chi connectivity index (χ1n) is 8.73. The van der Waals surface area contributed by atoms with Gasteiger partial charge >= 0.3 is 0 Å². The number of nitrogens with one attached hydrogen (secondary N) is 1. The summed E-state index contributed by atoms with van der Waals surface area (Å²) in [6.45, 7) is 4.00. The summed E-state index contributed by atoms with van der Waals surface area (Å²) in [6.07, 6.45) is 0. The van der Waals surface area contributed by atoms with Crippen LogP contribution >= 0.6 is 11.9 Å². The van der Waals surface area contributed by atoms with E-state index < -0.39 is 0 Å². The molecule has 0 bridgehead atoms. The third-order valence-electron chi connectivity index (χ3n) is 3.80. The fraction of sp³-hybridized carbons (Fsp3) is 0.136. The molecule has 27 heavy (non-hydrogen) atoms. The zero-order valence-electron chi connectivity index (χ0n) is 15.7. The Balaban J connectivity index is 0.00000126. The minimum Gasteiger partial charge on any atom is -0.495 e. The number of hydrogen-bond acceptors (Lipinski definition) is 4. The number of carbonyl (C=O) groups is 1. The third-order valence-corrected chi connectivity index (χ3v) is 4.39. The molecule has 0 unspecified atom stereocenters. The molecule has 3 N–H and O–H groups in total. The zero-order valence-corrected chi connectivity index (χ0v) is 16.5. The Bertz CT molecular complexity index is 865. The van der Waals surface area contributed by atoms with E-state index in [1.165, 1.54) is 0 Å². The molecule has 0 saturated heterocycles. The molecular weight excluding hydrogens is 356 g/mol. The van der Waals surface area contributed by atoms with E-state index in [-0.39, 0.29) is 5.91 Å². The van der Waals surface area contributed by atoms with Crippen molar-refractivity contribution >= 4 is 23.5 Å². The van der Waals surface area contributed by atoms with Crippen LogP contribution in [0, 0.1) is 0 Å². The molecule has 3 rings (SSSR count). The monoisotopic (exact) mass is 380 g/mol. The van der Waals surface area contributed by atoms with Crippen molar-refractivity contribution in [2.24, 2.45) is 5.14 Å². The lowest BCUT2D eigenvalue weighted by molar-refractivity contribution is 0.102. The quantitative estimate of drug-likeness (QED) is 0.565. The van der Waals surface area contributed by atoms with E-state index in [0.29, 0.717) is 17.0 Å². The Morgan fingerprint density at radius 1 is 0.926 bits per heavy atom. The number of hydrogen-bond donors (Lipinski definition) is 2. The number of amides is 1. The highest BCUT2D eigenvalue weighted by Crippen LogP contribution is 2.29. The number of ether oxygens (including phenoxy) is 1. The van der Waals surface area contributed by atoms with E-state index in [1.807, 2.05) is 74.5 Å². The summed E-state index contributed by atoms with van der Waals surface area (Å²) in [4.78, 5) is 13.2. The summed E-state index contributed by atoms with van der Waals surface area (Å²) in [7, 11) is 1.57. The van der Waals surface area contributed by atoms with Crippen LogP contribution in [0.1, 0.15) is 24.2 Å². The van der Waals surface area contributed by atoms with Gasteiger partial charge in [-0.05, 0) is 47.3 Å². The molecule has 0 atom stereocenters. The number of methoxy groups -OCH3 is 1. The van der Waals surface area contributed by atoms with Gasteiger partial charge in [0, 0.05) is 17.3 Å². The largest absolute Gasteiger partial charge is 0.495 e. The van der Waals surface area contributed by atoms with Crippen molar-refractivity contribution in [3.8, 4) is 16.9 Å². The van der Waals surface area contributed by atoms with Crippen molar-refractivity contribution in [2.75, 3.05) is 12.4 Å². The Kier molecular flexibility index (Phi) is 7.92. The molecule has 3 aromatic carbocycles. The van der Waals surface area contributed by atoms with Gasteiger partial charge in [0.15, 0.2) is 0 Å². The van der Waals surface area contributed by atoms with Crippen LogP contribution in [0.5, 0.6) is 5.75 Å². The van der Waals surface area contributed by atoms with Crippen LogP contribution in [0.3, 0.4) is 0 Å². The van der Waals surface area contributed by atoms with Gasteiger partial charge < -0.3 is 10.1 Å². The first-order valence-corrected chi connectivity index (χ1v) is 9.61. The second-order valence-corrected chi connectivity index (χ2v) is 6.06.